The van der Waals surface area contributed by atoms with Crippen LogP contribution < -0.4 is 4.74 Å². The zero-order valence-corrected chi connectivity index (χ0v) is 12.7. The molecule has 0 N–H and O–H groups in total. The van der Waals surface area contributed by atoms with E-state index in [0.717, 1.165) is 48.7 Å². The van der Waals surface area contributed by atoms with E-state index in [4.69, 9.17) is 16.3 Å². The van der Waals surface area contributed by atoms with Crippen LogP contribution in [0.25, 0.3) is 0 Å². The first-order chi connectivity index (χ1) is 9.21. The van der Waals surface area contributed by atoms with Gasteiger partial charge in [-0.15, -0.1) is 11.6 Å². The van der Waals surface area contributed by atoms with Gasteiger partial charge in [0.2, 0.25) is 5.88 Å². The molecule has 2 rings (SSSR count). The Morgan fingerprint density at radius 1 is 1.26 bits per heavy atom. The van der Waals surface area contributed by atoms with Gasteiger partial charge in [0, 0.05) is 17.6 Å². The molecule has 1 aromatic rings. The first-order valence-electron chi connectivity index (χ1n) is 7.43. The van der Waals surface area contributed by atoms with Crippen LogP contribution in [0.3, 0.4) is 0 Å². The van der Waals surface area contributed by atoms with Crippen molar-refractivity contribution in [2.45, 2.75) is 64.4 Å². The third-order valence-corrected chi connectivity index (χ3v) is 4.13. The fourth-order valence-corrected chi connectivity index (χ4v) is 2.81. The molecule has 0 unspecified atom stereocenters. The lowest BCUT2D eigenvalue weighted by molar-refractivity contribution is 0.130. The van der Waals surface area contributed by atoms with Gasteiger partial charge in [0.25, 0.3) is 0 Å². The molecule has 2 nitrogen and oxygen atoms in total. The SMILES string of the molecule is CCCc1cc(CCl)cc(OC2CCC(C)CC2)n1. The number of aryl methyl sites for hydroxylation is 1. The summed E-state index contributed by atoms with van der Waals surface area (Å²) in [7, 11) is 0. The predicted octanol–water partition coefficient (Wildman–Crippen LogP) is 4.73. The van der Waals surface area contributed by atoms with Gasteiger partial charge in [0.15, 0.2) is 0 Å². The summed E-state index contributed by atoms with van der Waals surface area (Å²) in [6.45, 7) is 4.49. The van der Waals surface area contributed by atoms with Gasteiger partial charge in [0.05, 0.1) is 0 Å². The second-order valence-electron chi connectivity index (χ2n) is 5.69. The van der Waals surface area contributed by atoms with Gasteiger partial charge in [-0.1, -0.05) is 20.3 Å². The molecule has 0 bridgehead atoms. The Hall–Kier alpha value is -0.760. The fourth-order valence-electron chi connectivity index (χ4n) is 2.66. The Balaban J connectivity index is 2.04. The molecule has 1 aliphatic carbocycles. The van der Waals surface area contributed by atoms with E-state index in [1.165, 1.54) is 12.8 Å². The summed E-state index contributed by atoms with van der Waals surface area (Å²) in [6, 6.07) is 4.08. The minimum Gasteiger partial charge on any atom is -0.474 e. The van der Waals surface area contributed by atoms with E-state index in [9.17, 15) is 0 Å². The summed E-state index contributed by atoms with van der Waals surface area (Å²) >= 11 is 5.95. The Morgan fingerprint density at radius 3 is 2.63 bits per heavy atom. The van der Waals surface area contributed by atoms with Crippen LogP contribution in [0.15, 0.2) is 12.1 Å². The largest absolute Gasteiger partial charge is 0.474 e. The van der Waals surface area contributed by atoms with Crippen LogP contribution in [0.1, 0.15) is 57.2 Å². The van der Waals surface area contributed by atoms with Gasteiger partial charge in [-0.3, -0.25) is 0 Å². The molecule has 0 saturated heterocycles. The molecule has 1 aliphatic rings. The number of pyridine rings is 1. The number of aromatic nitrogens is 1. The molecule has 0 amide bonds. The Bertz CT molecular complexity index is 400. The number of nitrogens with zero attached hydrogens (tertiary/aromatic N) is 1. The number of ether oxygens (including phenoxy) is 1. The number of halogens is 1. The van der Waals surface area contributed by atoms with Crippen LogP contribution in [-0.4, -0.2) is 11.1 Å². The minimum absolute atomic E-state index is 0.337. The average molecular weight is 282 g/mol. The fraction of sp³-hybridized carbons (Fsp3) is 0.688. The summed E-state index contributed by atoms with van der Waals surface area (Å²) in [5, 5.41) is 0. The molecule has 0 spiro atoms. The lowest BCUT2D eigenvalue weighted by Crippen LogP contribution is -2.23. The summed E-state index contributed by atoms with van der Waals surface area (Å²) in [5.41, 5.74) is 2.21. The van der Waals surface area contributed by atoms with Crippen LogP contribution >= 0.6 is 11.6 Å². The van der Waals surface area contributed by atoms with Gasteiger partial charge in [-0.05, 0) is 49.7 Å². The minimum atomic E-state index is 0.337. The zero-order valence-electron chi connectivity index (χ0n) is 12.0. The van der Waals surface area contributed by atoms with Gasteiger partial charge in [-0.2, -0.15) is 0 Å². The highest BCUT2D eigenvalue weighted by atomic mass is 35.5. The van der Waals surface area contributed by atoms with E-state index in [2.05, 4.69) is 24.9 Å². The van der Waals surface area contributed by atoms with E-state index in [1.54, 1.807) is 0 Å². The molecule has 0 radical (unpaired) electrons. The molecule has 3 heteroatoms. The maximum Gasteiger partial charge on any atom is 0.214 e. The first kappa shape index (κ1) is 14.6. The highest BCUT2D eigenvalue weighted by molar-refractivity contribution is 6.17. The predicted molar refractivity (Wildman–Crippen MR) is 79.8 cm³/mol. The third kappa shape index (κ3) is 4.38. The van der Waals surface area contributed by atoms with E-state index >= 15 is 0 Å². The maximum atomic E-state index is 6.06. The normalized spacial score (nSPS) is 23.3. The van der Waals surface area contributed by atoms with Gasteiger partial charge in [-0.25, -0.2) is 4.98 Å². The van der Waals surface area contributed by atoms with Crippen molar-refractivity contribution in [3.05, 3.63) is 23.4 Å². The molecule has 1 heterocycles. The molecular weight excluding hydrogens is 258 g/mol. The van der Waals surface area contributed by atoms with Crippen molar-refractivity contribution in [3.63, 3.8) is 0 Å². The molecule has 0 aromatic carbocycles. The standard InChI is InChI=1S/C16H24ClNO/c1-3-4-14-9-13(11-17)10-16(18-14)19-15-7-5-12(2)6-8-15/h9-10,12,15H,3-8,11H2,1-2H3. The number of alkyl halides is 1. The van der Waals surface area contributed by atoms with Crippen molar-refractivity contribution in [3.8, 4) is 5.88 Å². The molecule has 1 aromatic heterocycles. The molecule has 19 heavy (non-hydrogen) atoms. The number of rotatable bonds is 5. The van der Waals surface area contributed by atoms with E-state index in [1.807, 2.05) is 6.07 Å². The summed E-state index contributed by atoms with van der Waals surface area (Å²) in [6.07, 6.45) is 7.25. The van der Waals surface area contributed by atoms with Gasteiger partial charge in [0.1, 0.15) is 6.10 Å². The van der Waals surface area contributed by atoms with Crippen LogP contribution in [0.2, 0.25) is 0 Å². The van der Waals surface area contributed by atoms with Crippen LogP contribution in [0.4, 0.5) is 0 Å². The molecule has 0 atom stereocenters. The monoisotopic (exact) mass is 281 g/mol. The molecule has 1 saturated carbocycles. The van der Waals surface area contributed by atoms with Crippen molar-refractivity contribution in [1.29, 1.82) is 0 Å². The smallest absolute Gasteiger partial charge is 0.214 e. The maximum absolute atomic E-state index is 6.06. The quantitative estimate of drug-likeness (QED) is 0.728. The van der Waals surface area contributed by atoms with Crippen LogP contribution in [0, 0.1) is 5.92 Å². The molecule has 106 valence electrons. The van der Waals surface area contributed by atoms with E-state index in [0.29, 0.717) is 12.0 Å². The first-order valence-corrected chi connectivity index (χ1v) is 7.97. The lowest BCUT2D eigenvalue weighted by atomic mass is 9.89. The summed E-state index contributed by atoms with van der Waals surface area (Å²) in [4.78, 5) is 4.60. The van der Waals surface area contributed by atoms with Gasteiger partial charge < -0.3 is 4.74 Å². The third-order valence-electron chi connectivity index (χ3n) is 3.83. The highest BCUT2D eigenvalue weighted by Crippen LogP contribution is 2.27. The van der Waals surface area contributed by atoms with Crippen molar-refractivity contribution >= 4 is 11.6 Å². The van der Waals surface area contributed by atoms with Crippen molar-refractivity contribution in [2.75, 3.05) is 0 Å². The lowest BCUT2D eigenvalue weighted by Gasteiger charge is -2.26. The van der Waals surface area contributed by atoms with E-state index < -0.39 is 0 Å². The molecule has 1 fully saturated rings. The topological polar surface area (TPSA) is 22.1 Å². The van der Waals surface area contributed by atoms with Crippen LogP contribution in [-0.2, 0) is 12.3 Å². The summed E-state index contributed by atoms with van der Waals surface area (Å²) in [5.74, 6) is 2.14. The Morgan fingerprint density at radius 2 is 2.00 bits per heavy atom. The number of hydrogen-bond acceptors (Lipinski definition) is 2. The Kier molecular flexibility index (Phi) is 5.50. The second kappa shape index (κ2) is 7.14. The van der Waals surface area contributed by atoms with Crippen molar-refractivity contribution in [1.82, 2.24) is 4.98 Å². The van der Waals surface area contributed by atoms with Crippen LogP contribution in [0.5, 0.6) is 5.88 Å². The van der Waals surface area contributed by atoms with E-state index in [-0.39, 0.29) is 0 Å². The highest BCUT2D eigenvalue weighted by Gasteiger charge is 2.20. The second-order valence-corrected chi connectivity index (χ2v) is 5.96. The average Bonchev–Trinajstić information content (AvgIpc) is 2.41. The zero-order chi connectivity index (χ0) is 13.7. The molecular formula is C16H24ClNO. The van der Waals surface area contributed by atoms with Gasteiger partial charge >= 0.3 is 0 Å². The Labute approximate surface area is 121 Å². The van der Waals surface area contributed by atoms with Crippen molar-refractivity contribution in [2.24, 2.45) is 5.92 Å². The summed E-state index contributed by atoms with van der Waals surface area (Å²) < 4.78 is 6.06. The molecule has 0 aliphatic heterocycles. The van der Waals surface area contributed by atoms with Crippen molar-refractivity contribution < 1.29 is 4.74 Å². The number of hydrogen-bond donors (Lipinski definition) is 0.